The first-order valence-corrected chi connectivity index (χ1v) is 17.9. The van der Waals surface area contributed by atoms with E-state index in [1.54, 1.807) is 6.08 Å². The number of ether oxygens (including phenoxy) is 2. The van der Waals surface area contributed by atoms with Crippen LogP contribution in [0.5, 0.6) is 0 Å². The van der Waals surface area contributed by atoms with Crippen LogP contribution >= 0.6 is 0 Å². The highest BCUT2D eigenvalue weighted by atomic mass is 16.7. The normalized spacial score (nSPS) is 23.7. The van der Waals surface area contributed by atoms with Crippen molar-refractivity contribution in [1.82, 2.24) is 5.32 Å². The van der Waals surface area contributed by atoms with Crippen molar-refractivity contribution in [2.24, 2.45) is 0 Å². The minimum absolute atomic E-state index is 0.208. The van der Waals surface area contributed by atoms with Gasteiger partial charge in [0.05, 0.1) is 25.4 Å². The van der Waals surface area contributed by atoms with Gasteiger partial charge in [0.2, 0.25) is 5.91 Å². The molecule has 9 nitrogen and oxygen atoms in total. The SMILES string of the molecule is CCCC/C=C\CCCCCCCC(=O)NC(COC1OC(CO)C(O)C(O)C1O)C(O)/C=C/CC/C=C/CC/C=C/CCCC. The molecule has 1 rings (SSSR count). The van der Waals surface area contributed by atoms with E-state index in [-0.39, 0.29) is 12.5 Å². The fourth-order valence-electron chi connectivity index (χ4n) is 5.09. The number of rotatable bonds is 27. The average Bonchev–Trinajstić information content (AvgIpc) is 3.05. The van der Waals surface area contributed by atoms with Gasteiger partial charge < -0.3 is 40.3 Å². The third-order valence-corrected chi connectivity index (χ3v) is 8.10. The van der Waals surface area contributed by atoms with Crippen LogP contribution in [0.3, 0.4) is 0 Å². The Kier molecular flexibility index (Phi) is 25.8. The highest BCUT2D eigenvalue weighted by Gasteiger charge is 2.44. The Hall–Kier alpha value is -1.85. The van der Waals surface area contributed by atoms with Crippen molar-refractivity contribution in [3.8, 4) is 0 Å². The molecule has 1 saturated heterocycles. The van der Waals surface area contributed by atoms with Crippen LogP contribution < -0.4 is 5.32 Å². The third-order valence-electron chi connectivity index (χ3n) is 8.10. The Bertz CT molecular complexity index is 858. The van der Waals surface area contributed by atoms with E-state index in [2.05, 4.69) is 55.6 Å². The smallest absolute Gasteiger partial charge is 0.220 e. The number of aliphatic hydroxyl groups is 5. The molecule has 1 heterocycles. The van der Waals surface area contributed by atoms with Crippen molar-refractivity contribution < 1.29 is 39.8 Å². The number of hydrogen-bond donors (Lipinski definition) is 6. The second-order valence-electron chi connectivity index (χ2n) is 12.3. The Balaban J connectivity index is 2.56. The van der Waals surface area contributed by atoms with Gasteiger partial charge in [-0.05, 0) is 57.8 Å². The predicted molar refractivity (Wildman–Crippen MR) is 184 cm³/mol. The number of carbonyl (C=O) groups excluding carboxylic acids is 1. The van der Waals surface area contributed by atoms with Crippen LogP contribution in [0.2, 0.25) is 0 Å². The van der Waals surface area contributed by atoms with Crippen LogP contribution in [0.4, 0.5) is 0 Å². The maximum Gasteiger partial charge on any atom is 0.220 e. The monoisotopic (exact) mass is 651 g/mol. The lowest BCUT2D eigenvalue weighted by molar-refractivity contribution is -0.302. The average molecular weight is 652 g/mol. The van der Waals surface area contributed by atoms with E-state index < -0.39 is 49.5 Å². The Labute approximate surface area is 278 Å². The molecule has 7 unspecified atom stereocenters. The Morgan fingerprint density at radius 2 is 1.24 bits per heavy atom. The summed E-state index contributed by atoms with van der Waals surface area (Å²) < 4.78 is 11.1. The summed E-state index contributed by atoms with van der Waals surface area (Å²) in [6.45, 7) is 3.60. The molecule has 1 amide bonds. The topological polar surface area (TPSA) is 149 Å². The first-order chi connectivity index (χ1) is 22.3. The molecule has 0 bridgehead atoms. The number of unbranched alkanes of at least 4 members (excludes halogenated alkanes) is 11. The van der Waals surface area contributed by atoms with Crippen LogP contribution in [0.25, 0.3) is 0 Å². The number of nitrogens with one attached hydrogen (secondary N) is 1. The Morgan fingerprint density at radius 1 is 0.717 bits per heavy atom. The molecule has 0 aromatic rings. The van der Waals surface area contributed by atoms with Crippen molar-refractivity contribution in [2.75, 3.05) is 13.2 Å². The molecular weight excluding hydrogens is 586 g/mol. The molecule has 1 fully saturated rings. The number of hydrogen-bond acceptors (Lipinski definition) is 8. The Morgan fingerprint density at radius 3 is 1.83 bits per heavy atom. The minimum atomic E-state index is -1.57. The van der Waals surface area contributed by atoms with E-state index in [1.807, 2.05) is 6.08 Å². The van der Waals surface area contributed by atoms with Gasteiger partial charge in [0, 0.05) is 6.42 Å². The van der Waals surface area contributed by atoms with Gasteiger partial charge in [0.15, 0.2) is 6.29 Å². The number of carbonyl (C=O) groups is 1. The summed E-state index contributed by atoms with van der Waals surface area (Å²) >= 11 is 0. The van der Waals surface area contributed by atoms with Crippen molar-refractivity contribution in [2.45, 2.75) is 166 Å². The molecule has 1 aliphatic heterocycles. The van der Waals surface area contributed by atoms with Gasteiger partial charge in [-0.1, -0.05) is 107 Å². The van der Waals surface area contributed by atoms with E-state index >= 15 is 0 Å². The van der Waals surface area contributed by atoms with Gasteiger partial charge in [-0.25, -0.2) is 0 Å². The quantitative estimate of drug-likeness (QED) is 0.0501. The highest BCUT2D eigenvalue weighted by Crippen LogP contribution is 2.22. The van der Waals surface area contributed by atoms with E-state index in [4.69, 9.17) is 9.47 Å². The fraction of sp³-hybridized carbons (Fsp3) is 0.757. The molecule has 9 heteroatoms. The van der Waals surface area contributed by atoms with Gasteiger partial charge in [0.1, 0.15) is 24.4 Å². The molecule has 1 aliphatic rings. The molecule has 6 N–H and O–H groups in total. The zero-order valence-electron chi connectivity index (χ0n) is 28.6. The molecular formula is C37H65NO8. The molecule has 46 heavy (non-hydrogen) atoms. The first-order valence-electron chi connectivity index (χ1n) is 17.9. The summed E-state index contributed by atoms with van der Waals surface area (Å²) in [4.78, 5) is 12.8. The third kappa shape index (κ3) is 19.7. The highest BCUT2D eigenvalue weighted by molar-refractivity contribution is 5.76. The van der Waals surface area contributed by atoms with Crippen molar-refractivity contribution in [3.05, 3.63) is 48.6 Å². The van der Waals surface area contributed by atoms with Crippen LogP contribution in [0.15, 0.2) is 48.6 Å². The van der Waals surface area contributed by atoms with E-state index in [0.29, 0.717) is 6.42 Å². The molecule has 0 aromatic heterocycles. The molecule has 0 spiro atoms. The number of aliphatic hydroxyl groups excluding tert-OH is 5. The fourth-order valence-corrected chi connectivity index (χ4v) is 5.09. The van der Waals surface area contributed by atoms with E-state index in [1.165, 1.54) is 25.7 Å². The van der Waals surface area contributed by atoms with Crippen LogP contribution in [0, 0.1) is 0 Å². The van der Waals surface area contributed by atoms with Crippen molar-refractivity contribution >= 4 is 5.91 Å². The summed E-state index contributed by atoms with van der Waals surface area (Å²) in [7, 11) is 0. The summed E-state index contributed by atoms with van der Waals surface area (Å²) in [5, 5.41) is 53.7. The molecule has 0 aromatic carbocycles. The lowest BCUT2D eigenvalue weighted by Crippen LogP contribution is -2.60. The molecule has 266 valence electrons. The molecule has 0 saturated carbocycles. The summed E-state index contributed by atoms with van der Waals surface area (Å²) in [5.74, 6) is -0.208. The van der Waals surface area contributed by atoms with Crippen molar-refractivity contribution in [1.29, 1.82) is 0 Å². The summed E-state index contributed by atoms with van der Waals surface area (Å²) in [5.41, 5.74) is 0. The lowest BCUT2D eigenvalue weighted by atomic mass is 9.99. The first kappa shape index (κ1) is 42.2. The molecule has 7 atom stereocenters. The van der Waals surface area contributed by atoms with Gasteiger partial charge in [0.25, 0.3) is 0 Å². The van der Waals surface area contributed by atoms with Gasteiger partial charge in [-0.15, -0.1) is 0 Å². The van der Waals surface area contributed by atoms with Gasteiger partial charge >= 0.3 is 0 Å². The predicted octanol–water partition coefficient (Wildman–Crippen LogP) is 5.54. The zero-order valence-corrected chi connectivity index (χ0v) is 28.6. The van der Waals surface area contributed by atoms with Crippen molar-refractivity contribution in [3.63, 3.8) is 0 Å². The number of amides is 1. The minimum Gasteiger partial charge on any atom is -0.394 e. The van der Waals surface area contributed by atoms with Crippen LogP contribution in [-0.4, -0.2) is 87.5 Å². The second kappa shape index (κ2) is 28.2. The van der Waals surface area contributed by atoms with Crippen LogP contribution in [0.1, 0.15) is 123 Å². The largest absolute Gasteiger partial charge is 0.394 e. The lowest BCUT2D eigenvalue weighted by Gasteiger charge is -2.40. The van der Waals surface area contributed by atoms with Gasteiger partial charge in [-0.2, -0.15) is 0 Å². The molecule has 0 aliphatic carbocycles. The van der Waals surface area contributed by atoms with E-state index in [0.717, 1.165) is 77.0 Å². The van der Waals surface area contributed by atoms with Crippen LogP contribution in [-0.2, 0) is 14.3 Å². The summed E-state index contributed by atoms with van der Waals surface area (Å²) in [6, 6.07) is -0.828. The summed E-state index contributed by atoms with van der Waals surface area (Å²) in [6.07, 6.45) is 25.9. The van der Waals surface area contributed by atoms with E-state index in [9.17, 15) is 30.3 Å². The maximum atomic E-state index is 12.8. The van der Waals surface area contributed by atoms with Gasteiger partial charge in [-0.3, -0.25) is 4.79 Å². The standard InChI is InChI=1S/C37H65NO8/c1-3-5-7-9-11-13-15-17-18-20-22-24-26-31(40)30(29-45-37-36(44)35(43)34(42)32(28-39)46-37)38-33(41)27-25-23-21-19-16-14-12-10-8-6-4-2/h9-12,17-18,24,26,30-32,34-37,39-40,42-44H,3-8,13-16,19-23,25,27-29H2,1-2H3,(H,38,41)/b11-9+,12-10-,18-17+,26-24+. The number of allylic oxidation sites excluding steroid dienone is 7. The molecule has 0 radical (unpaired) electrons. The maximum absolute atomic E-state index is 12.8. The second-order valence-corrected chi connectivity index (χ2v) is 12.3. The zero-order chi connectivity index (χ0) is 33.8.